The average Bonchev–Trinajstić information content (AvgIpc) is 2.66. The highest BCUT2D eigenvalue weighted by atomic mass is 16.5. The van der Waals surface area contributed by atoms with Crippen LogP contribution in [-0.4, -0.2) is 11.7 Å². The van der Waals surface area contributed by atoms with Crippen molar-refractivity contribution in [3.05, 3.63) is 0 Å². The van der Waals surface area contributed by atoms with Crippen LogP contribution in [0.25, 0.3) is 0 Å². The van der Waals surface area contributed by atoms with Gasteiger partial charge in [-0.1, -0.05) is 27.7 Å². The van der Waals surface area contributed by atoms with Crippen LogP contribution in [0.1, 0.15) is 60.8 Å². The molecule has 17 heavy (non-hydrogen) atoms. The number of ether oxygens (including phenoxy) is 1. The molecule has 0 aromatic rings. The van der Waals surface area contributed by atoms with E-state index in [1.54, 1.807) is 0 Å². The molecule has 2 saturated carbocycles. The van der Waals surface area contributed by atoms with Crippen molar-refractivity contribution in [3.8, 4) is 0 Å². The molecule has 0 unspecified atom stereocenters. The van der Waals surface area contributed by atoms with Crippen molar-refractivity contribution in [1.29, 1.82) is 0 Å². The van der Waals surface area contributed by atoms with Gasteiger partial charge in [-0.3, -0.25) is 0 Å². The zero-order chi connectivity index (χ0) is 12.6. The summed E-state index contributed by atoms with van der Waals surface area (Å²) in [5.74, 6) is 2.46. The summed E-state index contributed by atoms with van der Waals surface area (Å²) in [6.07, 6.45) is 4.74. The van der Waals surface area contributed by atoms with Gasteiger partial charge < -0.3 is 4.74 Å². The van der Waals surface area contributed by atoms with Gasteiger partial charge >= 0.3 is 0 Å². The van der Waals surface area contributed by atoms with Gasteiger partial charge in [0.05, 0.1) is 11.7 Å². The lowest BCUT2D eigenvalue weighted by atomic mass is 9.69. The van der Waals surface area contributed by atoms with E-state index < -0.39 is 0 Å². The van der Waals surface area contributed by atoms with Crippen molar-refractivity contribution in [2.45, 2.75) is 72.5 Å². The second kappa shape index (κ2) is 3.10. The second-order valence-electron chi connectivity index (χ2n) is 8.54. The zero-order valence-corrected chi connectivity index (χ0v) is 12.3. The van der Waals surface area contributed by atoms with Gasteiger partial charge in [0.15, 0.2) is 0 Å². The SMILES string of the molecule is CC(C)(C)[C@H]1C[C@H]2CC[C@H]3C(C)(C)O[C@@H]1[C@@]23C. The predicted molar refractivity (Wildman–Crippen MR) is 70.8 cm³/mol. The Hall–Kier alpha value is -0.0400. The molecule has 3 fully saturated rings. The van der Waals surface area contributed by atoms with Crippen molar-refractivity contribution < 1.29 is 4.74 Å². The Morgan fingerprint density at radius 2 is 1.71 bits per heavy atom. The monoisotopic (exact) mass is 236 g/mol. The lowest BCUT2D eigenvalue weighted by Gasteiger charge is -2.34. The van der Waals surface area contributed by atoms with Gasteiger partial charge in [0.2, 0.25) is 0 Å². The molecule has 3 aliphatic rings. The van der Waals surface area contributed by atoms with E-state index in [1.807, 2.05) is 0 Å². The fourth-order valence-corrected chi connectivity index (χ4v) is 5.46. The summed E-state index contributed by atoms with van der Waals surface area (Å²) >= 11 is 0. The quantitative estimate of drug-likeness (QED) is 0.610. The number of hydrogen-bond acceptors (Lipinski definition) is 1. The lowest BCUT2D eigenvalue weighted by molar-refractivity contribution is -0.0730. The Morgan fingerprint density at radius 3 is 2.29 bits per heavy atom. The summed E-state index contributed by atoms with van der Waals surface area (Å²) < 4.78 is 6.55. The van der Waals surface area contributed by atoms with Gasteiger partial charge in [-0.25, -0.2) is 0 Å². The summed E-state index contributed by atoms with van der Waals surface area (Å²) in [7, 11) is 0. The third-order valence-electron chi connectivity index (χ3n) is 6.33. The van der Waals surface area contributed by atoms with E-state index in [0.717, 1.165) is 17.8 Å². The average molecular weight is 236 g/mol. The van der Waals surface area contributed by atoms with E-state index in [2.05, 4.69) is 41.5 Å². The fraction of sp³-hybridized carbons (Fsp3) is 1.00. The first kappa shape index (κ1) is 12.0. The summed E-state index contributed by atoms with van der Waals surface area (Å²) in [5.41, 5.74) is 0.975. The fourth-order valence-electron chi connectivity index (χ4n) is 5.46. The number of hydrogen-bond donors (Lipinski definition) is 0. The van der Waals surface area contributed by atoms with Crippen LogP contribution >= 0.6 is 0 Å². The van der Waals surface area contributed by atoms with E-state index in [0.29, 0.717) is 16.9 Å². The van der Waals surface area contributed by atoms with E-state index in [9.17, 15) is 0 Å². The summed E-state index contributed by atoms with van der Waals surface area (Å²) in [6, 6.07) is 0. The summed E-state index contributed by atoms with van der Waals surface area (Å²) in [5, 5.41) is 0. The highest BCUT2D eigenvalue weighted by molar-refractivity contribution is 5.17. The molecule has 1 saturated heterocycles. The maximum Gasteiger partial charge on any atom is 0.0675 e. The molecule has 5 atom stereocenters. The molecule has 0 aromatic carbocycles. The van der Waals surface area contributed by atoms with E-state index in [4.69, 9.17) is 4.74 Å². The van der Waals surface area contributed by atoms with Crippen LogP contribution in [0, 0.1) is 28.6 Å². The minimum absolute atomic E-state index is 0.109. The maximum absolute atomic E-state index is 6.55. The van der Waals surface area contributed by atoms with Gasteiger partial charge in [0, 0.05) is 5.41 Å². The van der Waals surface area contributed by atoms with Crippen molar-refractivity contribution in [2.75, 3.05) is 0 Å². The smallest absolute Gasteiger partial charge is 0.0675 e. The molecule has 2 aliphatic carbocycles. The predicted octanol–water partition coefficient (Wildman–Crippen LogP) is 4.26. The summed E-state index contributed by atoms with van der Waals surface area (Å²) in [6.45, 7) is 14.4. The van der Waals surface area contributed by atoms with Crippen LogP contribution in [0.4, 0.5) is 0 Å². The lowest BCUT2D eigenvalue weighted by Crippen LogP contribution is -2.36. The normalized spacial score (nSPS) is 51.9. The third-order valence-corrected chi connectivity index (χ3v) is 6.33. The van der Waals surface area contributed by atoms with Crippen molar-refractivity contribution in [1.82, 2.24) is 0 Å². The second-order valence-corrected chi connectivity index (χ2v) is 8.54. The molecule has 0 aromatic heterocycles. The molecule has 3 rings (SSSR count). The van der Waals surface area contributed by atoms with Crippen LogP contribution in [0.3, 0.4) is 0 Å². The van der Waals surface area contributed by atoms with Crippen LogP contribution in [0.5, 0.6) is 0 Å². The molecular weight excluding hydrogens is 208 g/mol. The van der Waals surface area contributed by atoms with Crippen molar-refractivity contribution >= 4 is 0 Å². The molecular formula is C16H28O. The Morgan fingerprint density at radius 1 is 1.06 bits per heavy atom. The minimum Gasteiger partial charge on any atom is -0.371 e. The highest BCUT2D eigenvalue weighted by Gasteiger charge is 2.69. The van der Waals surface area contributed by atoms with Gasteiger partial charge in [-0.2, -0.15) is 0 Å². The molecule has 1 aliphatic heterocycles. The zero-order valence-electron chi connectivity index (χ0n) is 12.3. The van der Waals surface area contributed by atoms with E-state index in [1.165, 1.54) is 19.3 Å². The third kappa shape index (κ3) is 1.35. The van der Waals surface area contributed by atoms with Crippen molar-refractivity contribution in [2.24, 2.45) is 28.6 Å². The first-order valence-corrected chi connectivity index (χ1v) is 7.35. The Bertz CT molecular complexity index is 338. The molecule has 0 N–H and O–H groups in total. The molecule has 0 radical (unpaired) electrons. The molecule has 0 amide bonds. The van der Waals surface area contributed by atoms with Crippen LogP contribution in [0.2, 0.25) is 0 Å². The Kier molecular flexibility index (Phi) is 2.19. The Labute approximate surface area is 106 Å². The van der Waals surface area contributed by atoms with Crippen LogP contribution < -0.4 is 0 Å². The summed E-state index contributed by atoms with van der Waals surface area (Å²) in [4.78, 5) is 0. The van der Waals surface area contributed by atoms with Crippen LogP contribution in [-0.2, 0) is 4.74 Å². The molecule has 1 heteroatoms. The first-order valence-electron chi connectivity index (χ1n) is 7.35. The molecule has 1 heterocycles. The molecule has 98 valence electrons. The van der Waals surface area contributed by atoms with E-state index in [-0.39, 0.29) is 5.60 Å². The maximum atomic E-state index is 6.55. The molecule has 0 bridgehead atoms. The van der Waals surface area contributed by atoms with Gasteiger partial charge in [0.25, 0.3) is 0 Å². The van der Waals surface area contributed by atoms with Gasteiger partial charge in [0.1, 0.15) is 0 Å². The van der Waals surface area contributed by atoms with Crippen molar-refractivity contribution in [3.63, 3.8) is 0 Å². The highest BCUT2D eigenvalue weighted by Crippen LogP contribution is 2.69. The topological polar surface area (TPSA) is 9.23 Å². The molecule has 0 spiro atoms. The molecule has 1 nitrogen and oxygen atoms in total. The van der Waals surface area contributed by atoms with E-state index >= 15 is 0 Å². The van der Waals surface area contributed by atoms with Crippen LogP contribution in [0.15, 0.2) is 0 Å². The minimum atomic E-state index is 0.109. The number of rotatable bonds is 0. The van der Waals surface area contributed by atoms with Gasteiger partial charge in [-0.15, -0.1) is 0 Å². The standard InChI is InChI=1S/C16H28O/c1-14(2,3)11-9-10-7-8-12-15(4,5)17-13(11)16(10,12)6/h10-13H,7-9H2,1-6H3/t10-,11+,12+,13+,16+/m1/s1. The first-order chi connectivity index (χ1) is 7.67. The Balaban J connectivity index is 2.01. The van der Waals surface area contributed by atoms with Gasteiger partial charge in [-0.05, 0) is 56.3 Å². The largest absolute Gasteiger partial charge is 0.371 e.